The largest absolute Gasteiger partial charge is 0.372 e. The highest BCUT2D eigenvalue weighted by Crippen LogP contribution is 2.03. The van der Waals surface area contributed by atoms with Gasteiger partial charge in [-0.05, 0) is 6.42 Å². The van der Waals surface area contributed by atoms with Crippen molar-refractivity contribution in [1.29, 1.82) is 0 Å². The Hall–Kier alpha value is -1.58. The number of halogens is 1. The Bertz CT molecular complexity index is 280. The van der Waals surface area contributed by atoms with Crippen molar-refractivity contribution in [2.24, 2.45) is 4.99 Å². The van der Waals surface area contributed by atoms with Crippen molar-refractivity contribution in [3.63, 3.8) is 0 Å². The average molecular weight is 211 g/mol. The van der Waals surface area contributed by atoms with Crippen molar-refractivity contribution < 1.29 is 4.39 Å². The van der Waals surface area contributed by atoms with E-state index < -0.39 is 5.83 Å². The number of hydrogen-bond acceptors (Lipinski definition) is 3. The lowest BCUT2D eigenvalue weighted by molar-refractivity contribution is 0.632. The quantitative estimate of drug-likeness (QED) is 0.635. The molecule has 0 aromatic rings. The van der Waals surface area contributed by atoms with Crippen molar-refractivity contribution in [2.75, 3.05) is 7.05 Å². The molecule has 0 aromatic heterocycles. The molecule has 15 heavy (non-hydrogen) atoms. The number of nitrogens with one attached hydrogen (secondary N) is 2. The highest BCUT2D eigenvalue weighted by atomic mass is 19.1. The van der Waals surface area contributed by atoms with E-state index in [1.54, 1.807) is 7.05 Å². The van der Waals surface area contributed by atoms with Crippen molar-refractivity contribution in [1.82, 2.24) is 10.6 Å². The zero-order valence-electron chi connectivity index (χ0n) is 9.31. The molecule has 0 heterocycles. The molecule has 2 N–H and O–H groups in total. The third kappa shape index (κ3) is 5.67. The minimum atomic E-state index is -0.477. The van der Waals surface area contributed by atoms with Crippen LogP contribution in [0.5, 0.6) is 0 Å². The Kier molecular flexibility index (Phi) is 6.97. The second kappa shape index (κ2) is 7.79. The summed E-state index contributed by atoms with van der Waals surface area (Å²) in [6.07, 6.45) is 4.13. The van der Waals surface area contributed by atoms with Crippen LogP contribution in [0.25, 0.3) is 0 Å². The molecule has 0 fully saturated rings. The van der Waals surface area contributed by atoms with Gasteiger partial charge in [0.1, 0.15) is 5.82 Å². The summed E-state index contributed by atoms with van der Waals surface area (Å²) in [7, 11) is 1.63. The molecule has 0 bridgehead atoms. The number of hydrogen-bond donors (Lipinski definition) is 2. The second-order valence-corrected chi connectivity index (χ2v) is 2.91. The molecule has 0 saturated carbocycles. The van der Waals surface area contributed by atoms with Gasteiger partial charge in [0.05, 0.1) is 6.21 Å². The predicted octanol–water partition coefficient (Wildman–Crippen LogP) is 2.46. The van der Waals surface area contributed by atoms with E-state index in [4.69, 9.17) is 0 Å². The van der Waals surface area contributed by atoms with Gasteiger partial charge in [-0.2, -0.15) is 0 Å². The summed E-state index contributed by atoms with van der Waals surface area (Å²) in [6, 6.07) is 0. The Morgan fingerprint density at radius 3 is 2.67 bits per heavy atom. The smallest absolute Gasteiger partial charge is 0.181 e. The van der Waals surface area contributed by atoms with Crippen molar-refractivity contribution >= 4 is 6.21 Å². The van der Waals surface area contributed by atoms with E-state index in [9.17, 15) is 4.39 Å². The Morgan fingerprint density at radius 2 is 2.20 bits per heavy atom. The van der Waals surface area contributed by atoms with Crippen LogP contribution in [0.3, 0.4) is 0 Å². The molecular weight excluding hydrogens is 193 g/mol. The first-order valence-electron chi connectivity index (χ1n) is 4.82. The molecular formula is C11H18FN3. The lowest BCUT2D eigenvalue weighted by Crippen LogP contribution is -2.24. The third-order valence-corrected chi connectivity index (χ3v) is 1.64. The monoisotopic (exact) mass is 211 g/mol. The standard InChI is InChI=1S/C11H18FN3/c1-5-7-9(3)15-11(13-4)10(12)8-14-6-2/h6,8,13,15H,2-3,5,7H2,1,4H3. The maximum absolute atomic E-state index is 13.4. The van der Waals surface area contributed by atoms with Gasteiger partial charge in [-0.1, -0.05) is 26.5 Å². The molecule has 0 rings (SSSR count). The Morgan fingerprint density at radius 1 is 1.53 bits per heavy atom. The van der Waals surface area contributed by atoms with Crippen molar-refractivity contribution in [3.05, 3.63) is 36.7 Å². The molecule has 0 amide bonds. The molecule has 0 unspecified atom stereocenters. The minimum Gasteiger partial charge on any atom is -0.372 e. The highest BCUT2D eigenvalue weighted by Gasteiger charge is 2.02. The number of nitrogens with zero attached hydrogens (tertiary/aromatic N) is 1. The minimum absolute atomic E-state index is 0.263. The van der Waals surface area contributed by atoms with Crippen LogP contribution in [0.2, 0.25) is 0 Å². The molecule has 0 aromatic carbocycles. The van der Waals surface area contributed by atoms with Gasteiger partial charge in [-0.25, -0.2) is 4.39 Å². The van der Waals surface area contributed by atoms with Gasteiger partial charge in [-0.3, -0.25) is 4.99 Å². The van der Waals surface area contributed by atoms with E-state index in [2.05, 4.69) is 28.8 Å². The molecule has 0 saturated heterocycles. The van der Waals surface area contributed by atoms with Crippen LogP contribution in [-0.2, 0) is 0 Å². The van der Waals surface area contributed by atoms with E-state index in [1.165, 1.54) is 6.20 Å². The molecule has 3 nitrogen and oxygen atoms in total. The van der Waals surface area contributed by atoms with Gasteiger partial charge < -0.3 is 10.6 Å². The number of allylic oxidation sites excluding steroid dienone is 2. The van der Waals surface area contributed by atoms with Gasteiger partial charge in [0.15, 0.2) is 5.83 Å². The van der Waals surface area contributed by atoms with Crippen LogP contribution in [-0.4, -0.2) is 13.3 Å². The first-order chi connectivity index (χ1) is 7.15. The summed E-state index contributed by atoms with van der Waals surface area (Å²) in [5.41, 5.74) is 0.768. The SMILES string of the molecule is C=CN=CC(F)=C(NC)NC(=C)CCC. The zero-order valence-corrected chi connectivity index (χ0v) is 9.31. The molecule has 84 valence electrons. The second-order valence-electron chi connectivity index (χ2n) is 2.91. The Balaban J connectivity index is 4.52. The van der Waals surface area contributed by atoms with Gasteiger partial charge in [-0.15, -0.1) is 0 Å². The van der Waals surface area contributed by atoms with Crippen LogP contribution in [0.1, 0.15) is 19.8 Å². The van der Waals surface area contributed by atoms with Crippen LogP contribution in [0.15, 0.2) is 41.7 Å². The fourth-order valence-electron chi connectivity index (χ4n) is 0.965. The summed E-state index contributed by atoms with van der Waals surface area (Å²) in [4.78, 5) is 3.59. The highest BCUT2D eigenvalue weighted by molar-refractivity contribution is 5.77. The predicted molar refractivity (Wildman–Crippen MR) is 63.1 cm³/mol. The maximum atomic E-state index is 13.4. The number of aliphatic imine (C=N–C) groups is 1. The van der Waals surface area contributed by atoms with Crippen LogP contribution in [0, 0.1) is 0 Å². The first kappa shape index (κ1) is 13.4. The Labute approximate surface area is 90.5 Å². The topological polar surface area (TPSA) is 36.4 Å². The molecule has 0 radical (unpaired) electrons. The summed E-state index contributed by atoms with van der Waals surface area (Å²) in [6.45, 7) is 9.17. The molecule has 0 spiro atoms. The number of rotatable bonds is 7. The third-order valence-electron chi connectivity index (χ3n) is 1.64. The lowest BCUT2D eigenvalue weighted by atomic mass is 10.3. The first-order valence-corrected chi connectivity index (χ1v) is 4.82. The van der Waals surface area contributed by atoms with E-state index in [0.717, 1.165) is 24.8 Å². The fourth-order valence-corrected chi connectivity index (χ4v) is 0.965. The maximum Gasteiger partial charge on any atom is 0.181 e. The van der Waals surface area contributed by atoms with Gasteiger partial charge in [0, 0.05) is 18.9 Å². The molecule has 0 aliphatic rings. The summed E-state index contributed by atoms with van der Waals surface area (Å²) >= 11 is 0. The van der Waals surface area contributed by atoms with E-state index in [1.807, 2.05) is 6.92 Å². The van der Waals surface area contributed by atoms with Crippen molar-refractivity contribution in [3.8, 4) is 0 Å². The van der Waals surface area contributed by atoms with Crippen LogP contribution in [0.4, 0.5) is 4.39 Å². The van der Waals surface area contributed by atoms with Crippen LogP contribution >= 0.6 is 0 Å². The molecule has 4 heteroatoms. The molecule has 0 aliphatic carbocycles. The van der Waals surface area contributed by atoms with Gasteiger partial charge in [0.2, 0.25) is 0 Å². The van der Waals surface area contributed by atoms with Gasteiger partial charge >= 0.3 is 0 Å². The average Bonchev–Trinajstić information content (AvgIpc) is 2.22. The van der Waals surface area contributed by atoms with E-state index in [-0.39, 0.29) is 5.82 Å². The van der Waals surface area contributed by atoms with E-state index in [0.29, 0.717) is 0 Å². The van der Waals surface area contributed by atoms with Gasteiger partial charge in [0.25, 0.3) is 0 Å². The fraction of sp³-hybridized carbons (Fsp3) is 0.364. The molecule has 0 atom stereocenters. The van der Waals surface area contributed by atoms with Crippen molar-refractivity contribution in [2.45, 2.75) is 19.8 Å². The summed E-state index contributed by atoms with van der Waals surface area (Å²) in [5, 5.41) is 5.56. The van der Waals surface area contributed by atoms with Crippen LogP contribution < -0.4 is 10.6 Å². The van der Waals surface area contributed by atoms with E-state index >= 15 is 0 Å². The zero-order chi connectivity index (χ0) is 11.7. The lowest BCUT2D eigenvalue weighted by Gasteiger charge is -2.12. The summed E-state index contributed by atoms with van der Waals surface area (Å²) < 4.78 is 13.4. The molecule has 0 aliphatic heterocycles. The normalized spacial score (nSPS) is 12.2. The summed E-state index contributed by atoms with van der Waals surface area (Å²) in [5.74, 6) is -0.214.